The van der Waals surface area contributed by atoms with Gasteiger partial charge in [-0.25, -0.2) is 16.7 Å². The van der Waals surface area contributed by atoms with E-state index in [4.69, 9.17) is 23.3 Å². The molecule has 0 aromatic carbocycles. The molecule has 7 heteroatoms. The van der Waals surface area contributed by atoms with E-state index in [0.29, 0.717) is 5.82 Å². The van der Waals surface area contributed by atoms with Gasteiger partial charge in [0, 0.05) is 0 Å². The Hall–Kier alpha value is -1.37. The van der Waals surface area contributed by atoms with Crippen LogP contribution in [0, 0.1) is 0 Å². The van der Waals surface area contributed by atoms with E-state index in [9.17, 15) is 4.79 Å². The lowest BCUT2D eigenvalue weighted by Gasteiger charge is -2.03. The minimum atomic E-state index is -0.567. The molecule has 0 bridgehead atoms. The van der Waals surface area contributed by atoms with Gasteiger partial charge in [0.25, 0.3) is 5.91 Å². The second-order valence-electron chi connectivity index (χ2n) is 2.14. The molecule has 6 N–H and O–H groups in total. The maximum Gasteiger partial charge on any atom is 0.285 e. The minimum absolute atomic E-state index is 0.0274. The van der Waals surface area contributed by atoms with E-state index in [0.717, 1.165) is 0 Å². The molecule has 1 rings (SSSR count). The first-order valence-electron chi connectivity index (χ1n) is 3.33. The van der Waals surface area contributed by atoms with Gasteiger partial charge in [0.15, 0.2) is 5.69 Å². The number of carbonyl (C=O) groups is 1. The van der Waals surface area contributed by atoms with Gasteiger partial charge in [0.2, 0.25) is 0 Å². The molecule has 0 spiro atoms. The minimum Gasteiger partial charge on any atom is -0.308 e. The SMILES string of the molecule is NNC(=O)c1nc(NN)ccc1Cl. The van der Waals surface area contributed by atoms with Gasteiger partial charge in [-0.2, -0.15) is 0 Å². The van der Waals surface area contributed by atoms with E-state index in [1.54, 1.807) is 0 Å². The number of nitrogen functional groups attached to an aromatic ring is 2. The van der Waals surface area contributed by atoms with Crippen molar-refractivity contribution in [3.63, 3.8) is 0 Å². The molecule has 6 nitrogen and oxygen atoms in total. The smallest absolute Gasteiger partial charge is 0.285 e. The molecule has 13 heavy (non-hydrogen) atoms. The van der Waals surface area contributed by atoms with Gasteiger partial charge in [0.1, 0.15) is 5.82 Å². The van der Waals surface area contributed by atoms with Crippen LogP contribution >= 0.6 is 11.6 Å². The van der Waals surface area contributed by atoms with Crippen molar-refractivity contribution in [1.82, 2.24) is 10.4 Å². The first-order valence-corrected chi connectivity index (χ1v) is 3.71. The number of anilines is 1. The van der Waals surface area contributed by atoms with Crippen LogP contribution in [0.2, 0.25) is 5.02 Å². The quantitative estimate of drug-likeness (QED) is 0.297. The number of aromatic nitrogens is 1. The molecular formula is C6H8ClN5O. The van der Waals surface area contributed by atoms with Crippen molar-refractivity contribution in [3.8, 4) is 0 Å². The monoisotopic (exact) mass is 201 g/mol. The fraction of sp³-hybridized carbons (Fsp3) is 0. The number of carbonyl (C=O) groups excluding carboxylic acids is 1. The molecule has 1 amide bonds. The lowest BCUT2D eigenvalue weighted by Crippen LogP contribution is -2.31. The molecule has 1 aromatic heterocycles. The standard InChI is InChI=1S/C6H8ClN5O/c7-3-1-2-4(11-8)10-5(3)6(13)12-9/h1-2H,8-9H2,(H,10,11)(H,12,13). The maximum absolute atomic E-state index is 11.1. The molecule has 0 aliphatic heterocycles. The number of hydrogen-bond acceptors (Lipinski definition) is 5. The second kappa shape index (κ2) is 4.04. The number of nitrogens with one attached hydrogen (secondary N) is 2. The number of pyridine rings is 1. The summed E-state index contributed by atoms with van der Waals surface area (Å²) in [5.74, 6) is 9.78. The van der Waals surface area contributed by atoms with Crippen LogP contribution in [0.1, 0.15) is 10.5 Å². The van der Waals surface area contributed by atoms with Crippen LogP contribution in [0.4, 0.5) is 5.82 Å². The summed E-state index contributed by atoms with van der Waals surface area (Å²) in [4.78, 5) is 14.9. The molecule has 70 valence electrons. The molecule has 0 unspecified atom stereocenters. The molecule has 0 radical (unpaired) electrons. The van der Waals surface area contributed by atoms with Gasteiger partial charge in [-0.05, 0) is 12.1 Å². The topological polar surface area (TPSA) is 106 Å². The van der Waals surface area contributed by atoms with E-state index in [-0.39, 0.29) is 10.7 Å². The fourth-order valence-corrected chi connectivity index (χ4v) is 0.941. The third kappa shape index (κ3) is 2.05. The van der Waals surface area contributed by atoms with Crippen molar-refractivity contribution >= 4 is 23.3 Å². The summed E-state index contributed by atoms with van der Waals surface area (Å²) >= 11 is 5.68. The molecule has 0 aliphatic rings. The molecule has 0 fully saturated rings. The summed E-state index contributed by atoms with van der Waals surface area (Å²) in [5, 5.41) is 0.210. The average molecular weight is 202 g/mol. The summed E-state index contributed by atoms with van der Waals surface area (Å²) in [6, 6.07) is 3.03. The Labute approximate surface area is 79.2 Å². The molecule has 1 aromatic rings. The number of hydrazine groups is 2. The summed E-state index contributed by atoms with van der Waals surface area (Å²) < 4.78 is 0. The molecule has 0 saturated carbocycles. The third-order valence-electron chi connectivity index (χ3n) is 1.34. The predicted molar refractivity (Wildman–Crippen MR) is 48.7 cm³/mol. The van der Waals surface area contributed by atoms with Crippen molar-refractivity contribution < 1.29 is 4.79 Å². The van der Waals surface area contributed by atoms with Crippen LogP contribution in [-0.4, -0.2) is 10.9 Å². The molecule has 1 heterocycles. The van der Waals surface area contributed by atoms with Gasteiger partial charge in [-0.3, -0.25) is 10.2 Å². The summed E-state index contributed by atoms with van der Waals surface area (Å²) in [6.45, 7) is 0. The van der Waals surface area contributed by atoms with Crippen molar-refractivity contribution in [3.05, 3.63) is 22.8 Å². The Morgan fingerprint density at radius 3 is 2.69 bits per heavy atom. The Morgan fingerprint density at radius 1 is 1.46 bits per heavy atom. The van der Waals surface area contributed by atoms with E-state index < -0.39 is 5.91 Å². The normalized spacial score (nSPS) is 9.46. The highest BCUT2D eigenvalue weighted by atomic mass is 35.5. The zero-order valence-electron chi connectivity index (χ0n) is 6.54. The zero-order valence-corrected chi connectivity index (χ0v) is 7.30. The zero-order chi connectivity index (χ0) is 9.84. The number of amides is 1. The summed E-state index contributed by atoms with van der Waals surface area (Å²) in [7, 11) is 0. The molecule has 0 aliphatic carbocycles. The summed E-state index contributed by atoms with van der Waals surface area (Å²) in [6.07, 6.45) is 0. The molecule has 0 saturated heterocycles. The predicted octanol–water partition coefficient (Wildman–Crippen LogP) is -0.376. The van der Waals surface area contributed by atoms with Gasteiger partial charge in [0.05, 0.1) is 5.02 Å². The number of hydrogen-bond donors (Lipinski definition) is 4. The molecule has 0 atom stereocenters. The number of rotatable bonds is 2. The highest BCUT2D eigenvalue weighted by Crippen LogP contribution is 2.15. The lowest BCUT2D eigenvalue weighted by atomic mass is 10.3. The Bertz CT molecular complexity index is 329. The average Bonchev–Trinajstić information content (AvgIpc) is 2.17. The van der Waals surface area contributed by atoms with E-state index in [2.05, 4.69) is 10.4 Å². The van der Waals surface area contributed by atoms with E-state index in [1.165, 1.54) is 12.1 Å². The van der Waals surface area contributed by atoms with Crippen molar-refractivity contribution in [1.29, 1.82) is 0 Å². The second-order valence-corrected chi connectivity index (χ2v) is 2.55. The van der Waals surface area contributed by atoms with E-state index >= 15 is 0 Å². The van der Waals surface area contributed by atoms with Crippen LogP contribution in [0.3, 0.4) is 0 Å². The van der Waals surface area contributed by atoms with Crippen molar-refractivity contribution in [2.45, 2.75) is 0 Å². The Balaban J connectivity index is 3.11. The first kappa shape index (κ1) is 9.72. The Kier molecular flexibility index (Phi) is 3.02. The Morgan fingerprint density at radius 2 is 2.15 bits per heavy atom. The number of nitrogens with two attached hydrogens (primary N) is 2. The summed E-state index contributed by atoms with van der Waals surface area (Å²) in [5.41, 5.74) is 4.23. The van der Waals surface area contributed by atoms with Crippen LogP contribution < -0.4 is 22.5 Å². The van der Waals surface area contributed by atoms with E-state index in [1.807, 2.05) is 5.43 Å². The van der Waals surface area contributed by atoms with Crippen LogP contribution in [0.5, 0.6) is 0 Å². The number of halogens is 1. The van der Waals surface area contributed by atoms with Crippen molar-refractivity contribution in [2.24, 2.45) is 11.7 Å². The van der Waals surface area contributed by atoms with Gasteiger partial charge in [-0.1, -0.05) is 11.6 Å². The van der Waals surface area contributed by atoms with Gasteiger partial charge < -0.3 is 5.43 Å². The van der Waals surface area contributed by atoms with Crippen LogP contribution in [0.15, 0.2) is 12.1 Å². The highest BCUT2D eigenvalue weighted by Gasteiger charge is 2.10. The van der Waals surface area contributed by atoms with Crippen LogP contribution in [-0.2, 0) is 0 Å². The lowest BCUT2D eigenvalue weighted by molar-refractivity contribution is 0.0949. The fourth-order valence-electron chi connectivity index (χ4n) is 0.750. The molecular weight excluding hydrogens is 194 g/mol. The largest absolute Gasteiger partial charge is 0.308 e. The first-order chi connectivity index (χ1) is 6.19. The van der Waals surface area contributed by atoms with Gasteiger partial charge >= 0.3 is 0 Å². The van der Waals surface area contributed by atoms with Crippen molar-refractivity contribution in [2.75, 3.05) is 5.43 Å². The number of nitrogens with zero attached hydrogens (tertiary/aromatic N) is 1. The van der Waals surface area contributed by atoms with Gasteiger partial charge in [-0.15, -0.1) is 0 Å². The maximum atomic E-state index is 11.1. The van der Waals surface area contributed by atoms with Crippen LogP contribution in [0.25, 0.3) is 0 Å². The third-order valence-corrected chi connectivity index (χ3v) is 1.65. The highest BCUT2D eigenvalue weighted by molar-refractivity contribution is 6.33.